The fourth-order valence-electron chi connectivity index (χ4n) is 2.80. The molecule has 0 radical (unpaired) electrons. The fourth-order valence-corrected chi connectivity index (χ4v) is 3.41. The molecular formula is C14H23BrN4O2. The molecule has 1 N–H and O–H groups in total. The lowest BCUT2D eigenvalue weighted by Crippen LogP contribution is -2.54. The molecule has 1 aliphatic heterocycles. The lowest BCUT2D eigenvalue weighted by molar-refractivity contribution is 0.0885. The summed E-state index contributed by atoms with van der Waals surface area (Å²) in [6.45, 7) is 7.22. The number of aliphatic hydroxyl groups excluding tert-OH is 1. The minimum absolute atomic E-state index is 0.119. The van der Waals surface area contributed by atoms with Crippen LogP contribution >= 0.6 is 15.9 Å². The summed E-state index contributed by atoms with van der Waals surface area (Å²) in [6.07, 6.45) is 2.43. The SMILES string of the molecule is CCC1CN(c2cnn(C)c(=O)c2Br)CCN1CC(C)O. The Balaban J connectivity index is 2.17. The Morgan fingerprint density at radius 3 is 2.86 bits per heavy atom. The van der Waals surface area contributed by atoms with Crippen molar-refractivity contribution in [3.05, 3.63) is 21.0 Å². The predicted molar refractivity (Wildman–Crippen MR) is 86.7 cm³/mol. The molecule has 1 fully saturated rings. The highest BCUT2D eigenvalue weighted by atomic mass is 79.9. The highest BCUT2D eigenvalue weighted by molar-refractivity contribution is 9.10. The first-order valence-electron chi connectivity index (χ1n) is 7.32. The summed E-state index contributed by atoms with van der Waals surface area (Å²) in [5.41, 5.74) is 0.736. The fraction of sp³-hybridized carbons (Fsp3) is 0.714. The van der Waals surface area contributed by atoms with Gasteiger partial charge < -0.3 is 10.0 Å². The normalized spacial score (nSPS) is 21.6. The van der Waals surface area contributed by atoms with E-state index >= 15 is 0 Å². The van der Waals surface area contributed by atoms with Crippen LogP contribution in [0.25, 0.3) is 0 Å². The van der Waals surface area contributed by atoms with Crippen LogP contribution in [0.15, 0.2) is 15.5 Å². The summed E-state index contributed by atoms with van der Waals surface area (Å²) < 4.78 is 1.90. The van der Waals surface area contributed by atoms with Gasteiger partial charge in [-0.25, -0.2) is 4.68 Å². The van der Waals surface area contributed by atoms with Gasteiger partial charge in [-0.2, -0.15) is 5.10 Å². The van der Waals surface area contributed by atoms with Crippen molar-refractivity contribution in [3.8, 4) is 0 Å². The molecule has 1 saturated heterocycles. The number of halogens is 1. The second kappa shape index (κ2) is 6.89. The van der Waals surface area contributed by atoms with E-state index in [4.69, 9.17) is 0 Å². The zero-order valence-corrected chi connectivity index (χ0v) is 14.4. The first-order valence-corrected chi connectivity index (χ1v) is 8.12. The Bertz CT molecular complexity index is 546. The van der Waals surface area contributed by atoms with Crippen LogP contribution in [0, 0.1) is 0 Å². The van der Waals surface area contributed by atoms with E-state index in [0.29, 0.717) is 17.1 Å². The summed E-state index contributed by atoms with van der Waals surface area (Å²) in [5.74, 6) is 0. The Morgan fingerprint density at radius 2 is 2.24 bits per heavy atom. The van der Waals surface area contributed by atoms with Gasteiger partial charge in [-0.3, -0.25) is 9.69 Å². The molecule has 0 aliphatic carbocycles. The lowest BCUT2D eigenvalue weighted by Gasteiger charge is -2.42. The number of piperazine rings is 1. The summed E-state index contributed by atoms with van der Waals surface area (Å²) in [5, 5.41) is 13.7. The van der Waals surface area contributed by atoms with Crippen LogP contribution in [0.1, 0.15) is 20.3 Å². The second-order valence-corrected chi connectivity index (χ2v) is 6.42. The first-order chi connectivity index (χ1) is 9.93. The van der Waals surface area contributed by atoms with Crippen molar-refractivity contribution in [3.63, 3.8) is 0 Å². The molecule has 1 aromatic rings. The van der Waals surface area contributed by atoms with Gasteiger partial charge in [0.15, 0.2) is 0 Å². The summed E-state index contributed by atoms with van der Waals surface area (Å²) >= 11 is 3.40. The van der Waals surface area contributed by atoms with Crippen molar-refractivity contribution in [1.82, 2.24) is 14.7 Å². The van der Waals surface area contributed by atoms with E-state index < -0.39 is 0 Å². The number of anilines is 1. The molecule has 2 rings (SSSR count). The molecule has 21 heavy (non-hydrogen) atoms. The van der Waals surface area contributed by atoms with Gasteiger partial charge in [-0.05, 0) is 29.3 Å². The van der Waals surface area contributed by atoms with Crippen LogP contribution in [0.3, 0.4) is 0 Å². The van der Waals surface area contributed by atoms with E-state index in [2.05, 4.69) is 37.8 Å². The molecule has 2 atom stereocenters. The van der Waals surface area contributed by atoms with Gasteiger partial charge in [-0.1, -0.05) is 6.92 Å². The number of rotatable bonds is 4. The molecular weight excluding hydrogens is 336 g/mol. The lowest BCUT2D eigenvalue weighted by atomic mass is 10.1. The van der Waals surface area contributed by atoms with Gasteiger partial charge in [0.05, 0.1) is 18.0 Å². The summed E-state index contributed by atoms with van der Waals surface area (Å²) in [4.78, 5) is 16.5. The molecule has 0 bridgehead atoms. The minimum Gasteiger partial charge on any atom is -0.392 e. The van der Waals surface area contributed by atoms with Gasteiger partial charge in [-0.15, -0.1) is 0 Å². The molecule has 7 heteroatoms. The van der Waals surface area contributed by atoms with E-state index in [-0.39, 0.29) is 11.7 Å². The van der Waals surface area contributed by atoms with Crippen LogP contribution in [0.5, 0.6) is 0 Å². The van der Waals surface area contributed by atoms with E-state index in [9.17, 15) is 9.90 Å². The molecule has 0 amide bonds. The largest absolute Gasteiger partial charge is 0.392 e. The second-order valence-electron chi connectivity index (χ2n) is 5.62. The molecule has 1 aromatic heterocycles. The average Bonchev–Trinajstić information content (AvgIpc) is 2.45. The van der Waals surface area contributed by atoms with Crippen molar-refractivity contribution in [2.45, 2.75) is 32.4 Å². The minimum atomic E-state index is -0.317. The van der Waals surface area contributed by atoms with E-state index in [1.807, 2.05) is 6.92 Å². The molecule has 1 aliphatic rings. The van der Waals surface area contributed by atoms with Gasteiger partial charge in [0.25, 0.3) is 5.56 Å². The Morgan fingerprint density at radius 1 is 1.52 bits per heavy atom. The van der Waals surface area contributed by atoms with Crippen molar-refractivity contribution in [2.24, 2.45) is 7.05 Å². The number of aliphatic hydroxyl groups is 1. The first kappa shape index (κ1) is 16.5. The molecule has 0 aromatic carbocycles. The Kier molecular flexibility index (Phi) is 5.40. The topological polar surface area (TPSA) is 61.6 Å². The number of aryl methyl sites for hydroxylation is 1. The smallest absolute Gasteiger partial charge is 0.282 e. The maximum Gasteiger partial charge on any atom is 0.282 e. The highest BCUT2D eigenvalue weighted by Crippen LogP contribution is 2.25. The molecule has 0 spiro atoms. The van der Waals surface area contributed by atoms with Gasteiger partial charge in [0.1, 0.15) is 4.47 Å². The van der Waals surface area contributed by atoms with E-state index in [1.54, 1.807) is 13.2 Å². The summed E-state index contributed by atoms with van der Waals surface area (Å²) in [7, 11) is 1.65. The van der Waals surface area contributed by atoms with Crippen LogP contribution in [0.4, 0.5) is 5.69 Å². The van der Waals surface area contributed by atoms with E-state index in [1.165, 1.54) is 4.68 Å². The van der Waals surface area contributed by atoms with Crippen molar-refractivity contribution < 1.29 is 5.11 Å². The highest BCUT2D eigenvalue weighted by Gasteiger charge is 2.28. The van der Waals surface area contributed by atoms with Crippen LogP contribution < -0.4 is 10.5 Å². The monoisotopic (exact) mass is 358 g/mol. The van der Waals surface area contributed by atoms with Crippen LogP contribution in [-0.2, 0) is 7.05 Å². The van der Waals surface area contributed by atoms with E-state index in [0.717, 1.165) is 31.7 Å². The molecule has 2 unspecified atom stereocenters. The van der Waals surface area contributed by atoms with Crippen molar-refractivity contribution in [1.29, 1.82) is 0 Å². The third kappa shape index (κ3) is 3.64. The van der Waals surface area contributed by atoms with Gasteiger partial charge in [0, 0.05) is 39.3 Å². The number of hydrogen-bond donors (Lipinski definition) is 1. The van der Waals surface area contributed by atoms with Crippen LogP contribution in [0.2, 0.25) is 0 Å². The average molecular weight is 359 g/mol. The quantitative estimate of drug-likeness (QED) is 0.863. The Labute approximate surface area is 133 Å². The molecule has 2 heterocycles. The number of nitrogens with zero attached hydrogens (tertiary/aromatic N) is 4. The van der Waals surface area contributed by atoms with Gasteiger partial charge >= 0.3 is 0 Å². The predicted octanol–water partition coefficient (Wildman–Crippen LogP) is 0.824. The number of β-amino-alcohol motifs (C(OH)–C–C–N with tert-alkyl or cyclic N) is 1. The maximum atomic E-state index is 12.0. The molecule has 0 saturated carbocycles. The molecule has 6 nitrogen and oxygen atoms in total. The number of hydrogen-bond acceptors (Lipinski definition) is 5. The number of aromatic nitrogens is 2. The molecule has 118 valence electrons. The zero-order valence-electron chi connectivity index (χ0n) is 12.8. The standard InChI is InChI=1S/C14H23BrN4O2/c1-4-11-9-19(6-5-18(11)8-10(2)20)12-7-16-17(3)14(21)13(12)15/h7,10-11,20H,4-6,8-9H2,1-3H3. The van der Waals surface area contributed by atoms with Crippen molar-refractivity contribution >= 4 is 21.6 Å². The third-order valence-corrected chi connectivity index (χ3v) is 4.72. The summed E-state index contributed by atoms with van der Waals surface area (Å²) in [6, 6.07) is 0.379. The maximum absolute atomic E-state index is 12.0. The van der Waals surface area contributed by atoms with Crippen LogP contribution in [-0.4, -0.2) is 58.1 Å². The third-order valence-electron chi connectivity index (χ3n) is 3.98. The Hall–Kier alpha value is -0.920. The van der Waals surface area contributed by atoms with Crippen molar-refractivity contribution in [2.75, 3.05) is 31.1 Å². The zero-order chi connectivity index (χ0) is 15.6. The van der Waals surface area contributed by atoms with Gasteiger partial charge in [0.2, 0.25) is 0 Å².